The van der Waals surface area contributed by atoms with E-state index in [2.05, 4.69) is 0 Å². The Balaban J connectivity index is 1.54. The molecular weight excluding hydrogens is 557 g/mol. The Morgan fingerprint density at radius 1 is 1.10 bits per heavy atom. The van der Waals surface area contributed by atoms with Crippen LogP contribution in [0.5, 0.6) is 11.5 Å². The monoisotopic (exact) mass is 581 g/mol. The van der Waals surface area contributed by atoms with Gasteiger partial charge in [-0.15, -0.1) is 0 Å². The molecule has 2 aromatic rings. The molecule has 212 valence electrons. The molecule has 2 aliphatic carbocycles. The van der Waals surface area contributed by atoms with E-state index in [4.69, 9.17) is 22.1 Å². The Kier molecular flexibility index (Phi) is 6.00. The third-order valence-electron chi connectivity index (χ3n) is 9.19. The molecule has 41 heavy (non-hydrogen) atoms. The van der Waals surface area contributed by atoms with E-state index in [0.29, 0.717) is 16.0 Å². The number of anilines is 1. The van der Waals surface area contributed by atoms with E-state index in [1.165, 1.54) is 25.3 Å². The van der Waals surface area contributed by atoms with Crippen LogP contribution in [0.25, 0.3) is 0 Å². The number of benzene rings is 2. The summed E-state index contributed by atoms with van der Waals surface area (Å²) in [5, 5.41) is 10.0. The van der Waals surface area contributed by atoms with Crippen molar-refractivity contribution in [3.63, 3.8) is 0 Å². The summed E-state index contributed by atoms with van der Waals surface area (Å²) < 4.78 is 19.3. The lowest BCUT2D eigenvalue weighted by atomic mass is 9.51. The predicted molar refractivity (Wildman–Crippen MR) is 142 cm³/mol. The second-order valence-electron chi connectivity index (χ2n) is 11.0. The summed E-state index contributed by atoms with van der Waals surface area (Å²) in [6.07, 6.45) is 2.00. The fourth-order valence-electron chi connectivity index (χ4n) is 7.36. The molecule has 6 unspecified atom stereocenters. The molecule has 10 nitrogen and oxygen atoms in total. The van der Waals surface area contributed by atoms with Gasteiger partial charge in [-0.1, -0.05) is 29.3 Å². The van der Waals surface area contributed by atoms with Crippen molar-refractivity contribution in [1.82, 2.24) is 4.90 Å². The number of fused-ring (bicyclic) bond motifs is 4. The van der Waals surface area contributed by atoms with Crippen molar-refractivity contribution in [2.24, 2.45) is 34.8 Å². The number of phenols is 1. The van der Waals surface area contributed by atoms with Crippen LogP contribution in [0.1, 0.15) is 31.2 Å². The van der Waals surface area contributed by atoms with Gasteiger partial charge in [0.2, 0.25) is 23.6 Å². The van der Waals surface area contributed by atoms with Crippen LogP contribution >= 0.6 is 11.6 Å². The van der Waals surface area contributed by atoms with E-state index in [1.54, 1.807) is 19.1 Å². The van der Waals surface area contributed by atoms with Crippen molar-refractivity contribution < 1.29 is 38.2 Å². The number of primary amides is 1. The summed E-state index contributed by atoms with van der Waals surface area (Å²) in [5.41, 5.74) is 5.32. The summed E-state index contributed by atoms with van der Waals surface area (Å²) in [6.45, 7) is 1.67. The average Bonchev–Trinajstić information content (AvgIpc) is 3.30. The molecule has 0 spiro atoms. The number of phenolic OH excluding ortho intramolecular Hbond substituents is 1. The number of nitrogens with two attached hydrogens (primary N) is 1. The Morgan fingerprint density at radius 2 is 1.83 bits per heavy atom. The van der Waals surface area contributed by atoms with Crippen molar-refractivity contribution in [3.05, 3.63) is 64.5 Å². The molecule has 1 saturated carbocycles. The maximum atomic E-state index is 14.3. The highest BCUT2D eigenvalue weighted by atomic mass is 35.5. The number of likely N-dealkylation sites (tertiary alicyclic amines) is 1. The van der Waals surface area contributed by atoms with Gasteiger partial charge in [0.15, 0.2) is 11.5 Å². The van der Waals surface area contributed by atoms with Gasteiger partial charge in [-0.2, -0.15) is 4.90 Å². The van der Waals surface area contributed by atoms with Crippen molar-refractivity contribution >= 4 is 46.9 Å². The maximum Gasteiger partial charge on any atom is 0.328 e. The molecule has 2 saturated heterocycles. The molecule has 2 aromatic carbocycles. The molecular formula is C29H25ClFN3O7. The van der Waals surface area contributed by atoms with Crippen molar-refractivity contribution in [3.8, 4) is 11.5 Å². The minimum Gasteiger partial charge on any atom is -0.504 e. The number of urea groups is 1. The van der Waals surface area contributed by atoms with E-state index in [-0.39, 0.29) is 35.1 Å². The van der Waals surface area contributed by atoms with Crippen LogP contribution in [0, 0.1) is 34.9 Å². The van der Waals surface area contributed by atoms with Gasteiger partial charge in [-0.05, 0) is 61.6 Å². The first-order valence-corrected chi connectivity index (χ1v) is 13.4. The lowest BCUT2D eigenvalue weighted by Gasteiger charge is -2.49. The Labute approximate surface area is 238 Å². The number of allylic oxidation sites excluding steroid dienone is 2. The molecule has 0 radical (unpaired) electrons. The third-order valence-corrected chi connectivity index (χ3v) is 9.48. The van der Waals surface area contributed by atoms with Crippen molar-refractivity contribution in [2.75, 3.05) is 12.0 Å². The fraction of sp³-hybridized carbons (Fsp3) is 0.345. The van der Waals surface area contributed by atoms with Gasteiger partial charge in [0.1, 0.15) is 5.82 Å². The zero-order valence-corrected chi connectivity index (χ0v) is 22.7. The molecule has 6 amide bonds. The molecule has 2 aliphatic heterocycles. The smallest absolute Gasteiger partial charge is 0.328 e. The maximum absolute atomic E-state index is 14.3. The molecule has 6 atom stereocenters. The highest BCUT2D eigenvalue weighted by molar-refractivity contribution is 6.31. The number of rotatable bonds is 3. The number of carbonyl (C=O) groups is 5. The van der Waals surface area contributed by atoms with Crippen LogP contribution in [0.2, 0.25) is 5.02 Å². The molecule has 6 rings (SSSR count). The van der Waals surface area contributed by atoms with Crippen LogP contribution in [-0.2, 0) is 19.2 Å². The lowest BCUT2D eigenvalue weighted by molar-refractivity contribution is -0.136. The fourth-order valence-corrected chi connectivity index (χ4v) is 7.53. The van der Waals surface area contributed by atoms with Crippen molar-refractivity contribution in [1.29, 1.82) is 0 Å². The highest BCUT2D eigenvalue weighted by Gasteiger charge is 2.68. The number of halogens is 2. The van der Waals surface area contributed by atoms with E-state index in [1.807, 2.05) is 6.08 Å². The van der Waals surface area contributed by atoms with Gasteiger partial charge in [-0.25, -0.2) is 14.1 Å². The van der Waals surface area contributed by atoms with Gasteiger partial charge < -0.3 is 15.6 Å². The van der Waals surface area contributed by atoms with E-state index in [0.717, 1.165) is 11.0 Å². The van der Waals surface area contributed by atoms with Gasteiger partial charge >= 0.3 is 6.03 Å². The summed E-state index contributed by atoms with van der Waals surface area (Å²) in [5.74, 6) is -7.37. The summed E-state index contributed by atoms with van der Waals surface area (Å²) in [6, 6.07) is 7.01. The van der Waals surface area contributed by atoms with Gasteiger partial charge in [0.25, 0.3) is 0 Å². The molecule has 0 bridgehead atoms. The Bertz CT molecular complexity index is 1610. The van der Waals surface area contributed by atoms with E-state index >= 15 is 0 Å². The van der Waals surface area contributed by atoms with Crippen molar-refractivity contribution in [2.45, 2.75) is 25.7 Å². The quantitative estimate of drug-likeness (QED) is 0.416. The molecule has 3 fully saturated rings. The number of hydrogen-bond acceptors (Lipinski definition) is 7. The number of ether oxygens (including phenoxy) is 1. The minimum atomic E-state index is -1.37. The largest absolute Gasteiger partial charge is 0.504 e. The average molecular weight is 582 g/mol. The number of methoxy groups -OCH3 is 1. The number of carbonyl (C=O) groups excluding carboxylic acids is 5. The van der Waals surface area contributed by atoms with Crippen LogP contribution in [-0.4, -0.2) is 46.8 Å². The van der Waals surface area contributed by atoms with Crippen LogP contribution in [0.4, 0.5) is 14.9 Å². The number of amides is 6. The topological polar surface area (TPSA) is 147 Å². The normalized spacial score (nSPS) is 30.6. The molecule has 2 heterocycles. The number of hydrogen-bond donors (Lipinski definition) is 2. The second kappa shape index (κ2) is 9.13. The first kappa shape index (κ1) is 26.9. The minimum absolute atomic E-state index is 0.0524. The van der Waals surface area contributed by atoms with Crippen LogP contribution < -0.4 is 15.4 Å². The molecule has 3 N–H and O–H groups in total. The molecule has 12 heteroatoms. The lowest BCUT2D eigenvalue weighted by Crippen LogP contribution is -2.49. The van der Waals surface area contributed by atoms with Crippen LogP contribution in [0.15, 0.2) is 48.0 Å². The zero-order valence-electron chi connectivity index (χ0n) is 22.0. The van der Waals surface area contributed by atoms with E-state index in [9.17, 15) is 33.5 Å². The second-order valence-corrected chi connectivity index (χ2v) is 11.4. The first-order chi connectivity index (χ1) is 19.4. The number of aromatic hydroxyl groups is 1. The Morgan fingerprint density at radius 3 is 2.49 bits per heavy atom. The van der Waals surface area contributed by atoms with Gasteiger partial charge in [-0.3, -0.25) is 19.2 Å². The van der Waals surface area contributed by atoms with Crippen LogP contribution in [0.3, 0.4) is 0 Å². The number of imide groups is 4. The first-order valence-electron chi connectivity index (χ1n) is 13.0. The van der Waals surface area contributed by atoms with Gasteiger partial charge in [0.05, 0.1) is 41.0 Å². The SMILES string of the molecule is COc1cc(C2C3=CCC4C(=O)N(C(N)=O)C(=O)C4C3CC3C(=O)N(c4ccc(F)c(Cl)c4)C(=O)C32C)ccc1O. The third kappa shape index (κ3) is 3.57. The zero-order chi connectivity index (χ0) is 29.5. The summed E-state index contributed by atoms with van der Waals surface area (Å²) >= 11 is 5.99. The summed E-state index contributed by atoms with van der Waals surface area (Å²) in [4.78, 5) is 68.2. The number of nitrogens with zero attached hydrogens (tertiary/aromatic N) is 2. The highest BCUT2D eigenvalue weighted by Crippen LogP contribution is 2.64. The molecule has 4 aliphatic rings. The predicted octanol–water partition coefficient (Wildman–Crippen LogP) is 3.50. The van der Waals surface area contributed by atoms with E-state index < -0.39 is 70.5 Å². The Hall–Kier alpha value is -4.25. The van der Waals surface area contributed by atoms with Gasteiger partial charge in [0, 0.05) is 5.92 Å². The standard InChI is InChI=1S/C29H25ClFN3O7/c1-29-17(25(37)33(27(29)39)13-4-7-19(31)18(30)10-13)11-16-14(23(29)12-3-8-20(35)21(9-12)41-2)5-6-15-22(16)26(38)34(24(15)36)28(32)40/h3-5,7-10,15-17,22-23,35H,6,11H2,1-2H3,(H2,32,40). The summed E-state index contributed by atoms with van der Waals surface area (Å²) in [7, 11) is 1.38. The molecule has 0 aromatic heterocycles.